The van der Waals surface area contributed by atoms with Crippen LogP contribution in [0.25, 0.3) is 44.2 Å². The topological polar surface area (TPSA) is 51.8 Å². The normalized spacial score (nSPS) is 11.5. The van der Waals surface area contributed by atoms with Crippen molar-refractivity contribution in [1.82, 2.24) is 15.2 Å². The van der Waals surface area contributed by atoms with E-state index in [0.717, 1.165) is 38.5 Å². The van der Waals surface area contributed by atoms with Crippen molar-refractivity contribution in [2.45, 2.75) is 0 Å². The van der Waals surface area contributed by atoms with Crippen molar-refractivity contribution in [2.24, 2.45) is 0 Å². The minimum Gasteiger partial charge on any atom is -0.454 e. The Morgan fingerprint density at radius 3 is 2.33 bits per heavy atom. The molecule has 24 heavy (non-hydrogen) atoms. The summed E-state index contributed by atoms with van der Waals surface area (Å²) < 4.78 is 5.83. The molecule has 2 aromatic carbocycles. The summed E-state index contributed by atoms with van der Waals surface area (Å²) in [5, 5.41) is 11.5. The van der Waals surface area contributed by atoms with E-state index in [1.165, 1.54) is 0 Å². The number of fused-ring (bicyclic) bond motifs is 4. The summed E-state index contributed by atoms with van der Waals surface area (Å²) >= 11 is 6.16. The van der Waals surface area contributed by atoms with Gasteiger partial charge >= 0.3 is 0 Å². The molecule has 0 N–H and O–H groups in total. The van der Waals surface area contributed by atoms with Crippen molar-refractivity contribution in [2.75, 3.05) is 0 Å². The second-order valence-corrected chi connectivity index (χ2v) is 5.88. The van der Waals surface area contributed by atoms with Crippen LogP contribution in [0, 0.1) is 0 Å². The maximum Gasteiger partial charge on any atom is 0.159 e. The van der Waals surface area contributed by atoms with Crippen LogP contribution in [0.5, 0.6) is 0 Å². The molecule has 114 valence electrons. The van der Waals surface area contributed by atoms with E-state index in [1.807, 2.05) is 60.7 Å². The predicted octanol–water partition coefficient (Wildman–Crippen LogP) is 5.24. The molecule has 5 aromatic rings. The van der Waals surface area contributed by atoms with Crippen LogP contribution in [0.4, 0.5) is 0 Å². The molecule has 0 radical (unpaired) electrons. The number of hydrogen-bond donors (Lipinski definition) is 0. The van der Waals surface area contributed by atoms with Crippen molar-refractivity contribution < 1.29 is 4.42 Å². The van der Waals surface area contributed by atoms with Crippen molar-refractivity contribution in [3.05, 3.63) is 65.8 Å². The maximum atomic E-state index is 6.16. The van der Waals surface area contributed by atoms with Crippen LogP contribution in [0.2, 0.25) is 5.15 Å². The predicted molar refractivity (Wildman–Crippen MR) is 95.1 cm³/mol. The van der Waals surface area contributed by atoms with Gasteiger partial charge in [0.1, 0.15) is 16.8 Å². The Balaban J connectivity index is 1.84. The molecule has 0 aliphatic heterocycles. The standard InChI is InChI=1S/C19H10ClN3O/c20-19-12-6-2-1-5-11(12)17(22-23-19)14-9-10-16-18(21-14)13-7-3-4-8-15(13)24-16/h1-10H. The summed E-state index contributed by atoms with van der Waals surface area (Å²) in [4.78, 5) is 4.77. The number of nitrogens with zero attached hydrogens (tertiary/aromatic N) is 3. The highest BCUT2D eigenvalue weighted by molar-refractivity contribution is 6.34. The van der Waals surface area contributed by atoms with E-state index in [1.54, 1.807) is 0 Å². The molecular weight excluding hydrogens is 322 g/mol. The van der Waals surface area contributed by atoms with Gasteiger partial charge in [0, 0.05) is 16.2 Å². The van der Waals surface area contributed by atoms with Gasteiger partial charge < -0.3 is 4.42 Å². The van der Waals surface area contributed by atoms with E-state index in [4.69, 9.17) is 21.0 Å². The van der Waals surface area contributed by atoms with Crippen LogP contribution in [0.1, 0.15) is 0 Å². The van der Waals surface area contributed by atoms with Gasteiger partial charge in [-0.05, 0) is 24.3 Å². The van der Waals surface area contributed by atoms with Crippen LogP contribution in [0.3, 0.4) is 0 Å². The molecular formula is C19H10ClN3O. The van der Waals surface area contributed by atoms with E-state index >= 15 is 0 Å². The summed E-state index contributed by atoms with van der Waals surface area (Å²) in [6.07, 6.45) is 0. The third-order valence-electron chi connectivity index (χ3n) is 4.11. The van der Waals surface area contributed by atoms with Crippen LogP contribution in [-0.2, 0) is 0 Å². The van der Waals surface area contributed by atoms with Crippen molar-refractivity contribution in [1.29, 1.82) is 0 Å². The lowest BCUT2D eigenvalue weighted by molar-refractivity contribution is 0.668. The van der Waals surface area contributed by atoms with Gasteiger partial charge in [0.15, 0.2) is 10.7 Å². The average Bonchev–Trinajstić information content (AvgIpc) is 3.00. The first-order valence-electron chi connectivity index (χ1n) is 7.51. The Bertz CT molecular complexity index is 1230. The average molecular weight is 332 g/mol. The fourth-order valence-corrected chi connectivity index (χ4v) is 3.19. The van der Waals surface area contributed by atoms with Crippen molar-refractivity contribution in [3.8, 4) is 11.4 Å². The molecule has 0 aliphatic rings. The number of benzene rings is 2. The van der Waals surface area contributed by atoms with Crippen LogP contribution < -0.4 is 0 Å². The van der Waals surface area contributed by atoms with E-state index in [-0.39, 0.29) is 0 Å². The number of aromatic nitrogens is 3. The molecule has 0 saturated heterocycles. The molecule has 3 aromatic heterocycles. The van der Waals surface area contributed by atoms with E-state index in [0.29, 0.717) is 10.8 Å². The Morgan fingerprint density at radius 2 is 1.46 bits per heavy atom. The molecule has 0 atom stereocenters. The number of hydrogen-bond acceptors (Lipinski definition) is 4. The summed E-state index contributed by atoms with van der Waals surface area (Å²) in [5.74, 6) is 0. The number of pyridine rings is 1. The van der Waals surface area contributed by atoms with Crippen molar-refractivity contribution in [3.63, 3.8) is 0 Å². The monoisotopic (exact) mass is 331 g/mol. The summed E-state index contributed by atoms with van der Waals surface area (Å²) in [6, 6.07) is 19.5. The molecule has 0 aliphatic carbocycles. The number of furan rings is 1. The molecule has 0 fully saturated rings. The zero-order chi connectivity index (χ0) is 16.1. The van der Waals surface area contributed by atoms with Gasteiger partial charge in [-0.1, -0.05) is 48.0 Å². The van der Waals surface area contributed by atoms with Gasteiger partial charge in [-0.25, -0.2) is 4.98 Å². The highest BCUT2D eigenvalue weighted by atomic mass is 35.5. The van der Waals surface area contributed by atoms with E-state index < -0.39 is 0 Å². The number of para-hydroxylation sites is 1. The SMILES string of the molecule is Clc1nnc(-c2ccc3oc4ccccc4c3n2)c2ccccc12. The highest BCUT2D eigenvalue weighted by Crippen LogP contribution is 2.32. The van der Waals surface area contributed by atoms with Crippen LogP contribution >= 0.6 is 11.6 Å². The molecule has 0 spiro atoms. The smallest absolute Gasteiger partial charge is 0.159 e. The minimum absolute atomic E-state index is 0.393. The fraction of sp³-hybridized carbons (Fsp3) is 0. The van der Waals surface area contributed by atoms with E-state index in [9.17, 15) is 0 Å². The lowest BCUT2D eigenvalue weighted by Gasteiger charge is -2.05. The summed E-state index contributed by atoms with van der Waals surface area (Å²) in [7, 11) is 0. The Morgan fingerprint density at radius 1 is 0.708 bits per heavy atom. The quantitative estimate of drug-likeness (QED) is 0.421. The molecule has 3 heterocycles. The molecule has 0 unspecified atom stereocenters. The van der Waals surface area contributed by atoms with Crippen LogP contribution in [-0.4, -0.2) is 15.2 Å². The second-order valence-electron chi connectivity index (χ2n) is 5.53. The number of rotatable bonds is 1. The second kappa shape index (κ2) is 5.01. The first-order chi connectivity index (χ1) is 11.8. The van der Waals surface area contributed by atoms with Crippen molar-refractivity contribution >= 4 is 44.4 Å². The van der Waals surface area contributed by atoms with Gasteiger partial charge in [0.25, 0.3) is 0 Å². The summed E-state index contributed by atoms with van der Waals surface area (Å²) in [5.41, 5.74) is 3.86. The molecule has 0 bridgehead atoms. The van der Waals surface area contributed by atoms with Gasteiger partial charge in [-0.2, -0.15) is 0 Å². The third kappa shape index (κ3) is 1.90. The Hall–Kier alpha value is -2.98. The zero-order valence-corrected chi connectivity index (χ0v) is 13.2. The fourth-order valence-electron chi connectivity index (χ4n) is 2.98. The molecule has 4 nitrogen and oxygen atoms in total. The lowest BCUT2D eigenvalue weighted by atomic mass is 10.1. The first-order valence-corrected chi connectivity index (χ1v) is 7.89. The highest BCUT2D eigenvalue weighted by Gasteiger charge is 2.14. The van der Waals surface area contributed by atoms with Gasteiger partial charge in [0.05, 0.1) is 5.69 Å². The van der Waals surface area contributed by atoms with Crippen LogP contribution in [0.15, 0.2) is 65.1 Å². The Kier molecular flexibility index (Phi) is 2.81. The van der Waals surface area contributed by atoms with Gasteiger partial charge in [-0.3, -0.25) is 0 Å². The lowest BCUT2D eigenvalue weighted by Crippen LogP contribution is -1.93. The molecule has 5 heteroatoms. The van der Waals surface area contributed by atoms with Gasteiger partial charge in [-0.15, -0.1) is 10.2 Å². The maximum absolute atomic E-state index is 6.16. The third-order valence-corrected chi connectivity index (χ3v) is 4.38. The van der Waals surface area contributed by atoms with E-state index in [2.05, 4.69) is 10.2 Å². The molecule has 0 amide bonds. The van der Waals surface area contributed by atoms with Gasteiger partial charge in [0.2, 0.25) is 0 Å². The number of halogens is 1. The minimum atomic E-state index is 0.393. The molecule has 0 saturated carbocycles. The largest absolute Gasteiger partial charge is 0.454 e. The Labute approximate surface area is 141 Å². The molecule has 5 rings (SSSR count). The zero-order valence-electron chi connectivity index (χ0n) is 12.4. The first kappa shape index (κ1) is 13.5. The summed E-state index contributed by atoms with van der Waals surface area (Å²) in [6.45, 7) is 0.